The highest BCUT2D eigenvalue weighted by molar-refractivity contribution is 7.14. The van der Waals surface area contributed by atoms with Crippen LogP contribution in [0.25, 0.3) is 0 Å². The molecule has 0 fully saturated rings. The molecule has 0 spiro atoms. The Morgan fingerprint density at radius 3 is 2.92 bits per heavy atom. The standard InChI is InChI=1S/C20H19N3O2S/c24-20(18-11-14-5-2-1-3-8-17(14)26-18)23-15-6-4-7-16(12-15)25-19-13-21-9-10-22-19/h4,6-7,9-13H,1-3,5,8H2,(H,23,24). The van der Waals surface area contributed by atoms with Gasteiger partial charge in [0.25, 0.3) is 5.91 Å². The highest BCUT2D eigenvalue weighted by Gasteiger charge is 2.16. The summed E-state index contributed by atoms with van der Waals surface area (Å²) in [7, 11) is 0. The summed E-state index contributed by atoms with van der Waals surface area (Å²) in [4.78, 5) is 22.8. The fourth-order valence-corrected chi connectivity index (χ4v) is 4.22. The van der Waals surface area contributed by atoms with Crippen LogP contribution in [0, 0.1) is 0 Å². The smallest absolute Gasteiger partial charge is 0.265 e. The molecule has 0 saturated carbocycles. The summed E-state index contributed by atoms with van der Waals surface area (Å²) in [6.07, 6.45) is 10.6. The summed E-state index contributed by atoms with van der Waals surface area (Å²) in [6, 6.07) is 9.34. The molecule has 1 aromatic carbocycles. The molecule has 2 aromatic heterocycles. The molecule has 1 aliphatic carbocycles. The molecule has 0 saturated heterocycles. The minimum Gasteiger partial charge on any atom is -0.437 e. The highest BCUT2D eigenvalue weighted by Crippen LogP contribution is 2.30. The van der Waals surface area contributed by atoms with E-state index >= 15 is 0 Å². The number of anilines is 1. The largest absolute Gasteiger partial charge is 0.437 e. The van der Waals surface area contributed by atoms with E-state index in [1.807, 2.05) is 18.2 Å². The topological polar surface area (TPSA) is 64.1 Å². The monoisotopic (exact) mass is 365 g/mol. The quantitative estimate of drug-likeness (QED) is 0.671. The van der Waals surface area contributed by atoms with Crippen LogP contribution >= 0.6 is 11.3 Å². The third-order valence-corrected chi connectivity index (χ3v) is 5.56. The number of fused-ring (bicyclic) bond motifs is 1. The zero-order valence-corrected chi connectivity index (χ0v) is 15.1. The van der Waals surface area contributed by atoms with Crippen molar-refractivity contribution >= 4 is 22.9 Å². The highest BCUT2D eigenvalue weighted by atomic mass is 32.1. The number of aryl methyl sites for hydroxylation is 2. The normalized spacial score (nSPS) is 13.5. The van der Waals surface area contributed by atoms with Gasteiger partial charge in [0.2, 0.25) is 5.88 Å². The lowest BCUT2D eigenvalue weighted by Gasteiger charge is -2.07. The number of hydrogen-bond donors (Lipinski definition) is 1. The van der Waals surface area contributed by atoms with Gasteiger partial charge < -0.3 is 10.1 Å². The van der Waals surface area contributed by atoms with Crippen molar-refractivity contribution < 1.29 is 9.53 Å². The lowest BCUT2D eigenvalue weighted by molar-refractivity contribution is 0.103. The summed E-state index contributed by atoms with van der Waals surface area (Å²) < 4.78 is 5.66. The SMILES string of the molecule is O=C(Nc1cccc(Oc2cnccn2)c1)c1cc2c(s1)CCCCC2. The zero-order chi connectivity index (χ0) is 17.8. The molecule has 26 heavy (non-hydrogen) atoms. The predicted molar refractivity (Wildman–Crippen MR) is 102 cm³/mol. The average Bonchev–Trinajstić information content (AvgIpc) is 2.94. The van der Waals surface area contributed by atoms with Gasteiger partial charge in [-0.15, -0.1) is 11.3 Å². The van der Waals surface area contributed by atoms with Crippen molar-refractivity contribution in [2.45, 2.75) is 32.1 Å². The molecule has 4 rings (SSSR count). The molecule has 1 amide bonds. The van der Waals surface area contributed by atoms with Crippen LogP contribution in [0.15, 0.2) is 48.9 Å². The van der Waals surface area contributed by atoms with Gasteiger partial charge in [0.15, 0.2) is 0 Å². The van der Waals surface area contributed by atoms with E-state index in [2.05, 4.69) is 21.4 Å². The van der Waals surface area contributed by atoms with Gasteiger partial charge in [0, 0.05) is 29.0 Å². The second-order valence-corrected chi connectivity index (χ2v) is 7.38. The van der Waals surface area contributed by atoms with Crippen molar-refractivity contribution in [3.63, 3.8) is 0 Å². The molecule has 0 atom stereocenters. The number of benzene rings is 1. The van der Waals surface area contributed by atoms with Crippen LogP contribution in [0.1, 0.15) is 39.4 Å². The Balaban J connectivity index is 1.47. The van der Waals surface area contributed by atoms with Gasteiger partial charge in [-0.2, -0.15) is 0 Å². The van der Waals surface area contributed by atoms with Gasteiger partial charge in [0.05, 0.1) is 11.1 Å². The van der Waals surface area contributed by atoms with Gasteiger partial charge >= 0.3 is 0 Å². The van der Waals surface area contributed by atoms with Crippen molar-refractivity contribution in [1.82, 2.24) is 9.97 Å². The van der Waals surface area contributed by atoms with E-state index < -0.39 is 0 Å². The summed E-state index contributed by atoms with van der Waals surface area (Å²) in [5, 5.41) is 2.96. The lowest BCUT2D eigenvalue weighted by Crippen LogP contribution is -2.10. The van der Waals surface area contributed by atoms with E-state index in [-0.39, 0.29) is 5.91 Å². The molecule has 3 aromatic rings. The van der Waals surface area contributed by atoms with Gasteiger partial charge in [-0.25, -0.2) is 4.98 Å². The molecule has 0 radical (unpaired) electrons. The molecule has 132 valence electrons. The second-order valence-electron chi connectivity index (χ2n) is 6.25. The first-order valence-electron chi connectivity index (χ1n) is 8.75. The molecule has 2 heterocycles. The fourth-order valence-electron chi connectivity index (χ4n) is 3.07. The van der Waals surface area contributed by atoms with Crippen LogP contribution in [-0.2, 0) is 12.8 Å². The number of amides is 1. The van der Waals surface area contributed by atoms with Crippen molar-refractivity contribution in [2.75, 3.05) is 5.32 Å². The van der Waals surface area contributed by atoms with Crippen molar-refractivity contribution in [3.8, 4) is 11.6 Å². The van der Waals surface area contributed by atoms with Crippen molar-refractivity contribution in [1.29, 1.82) is 0 Å². The van der Waals surface area contributed by atoms with E-state index in [4.69, 9.17) is 4.74 Å². The van der Waals surface area contributed by atoms with Crippen LogP contribution in [-0.4, -0.2) is 15.9 Å². The van der Waals surface area contributed by atoms with Crippen LogP contribution in [0.5, 0.6) is 11.6 Å². The van der Waals surface area contributed by atoms with Gasteiger partial charge in [-0.3, -0.25) is 9.78 Å². The first-order chi connectivity index (χ1) is 12.8. The predicted octanol–water partition coefficient (Wildman–Crippen LogP) is 4.85. The van der Waals surface area contributed by atoms with Gasteiger partial charge in [-0.1, -0.05) is 12.5 Å². The molecule has 1 N–H and O–H groups in total. The Morgan fingerprint density at radius 1 is 1.12 bits per heavy atom. The number of carbonyl (C=O) groups is 1. The third kappa shape index (κ3) is 3.91. The maximum atomic E-state index is 12.6. The Bertz CT molecular complexity index is 885. The first kappa shape index (κ1) is 16.7. The van der Waals surface area contributed by atoms with Crippen LogP contribution in [0.2, 0.25) is 0 Å². The number of carbonyl (C=O) groups excluding carboxylic acids is 1. The number of hydrogen-bond acceptors (Lipinski definition) is 5. The minimum atomic E-state index is -0.0697. The number of rotatable bonds is 4. The van der Waals surface area contributed by atoms with Crippen LogP contribution in [0.4, 0.5) is 5.69 Å². The van der Waals surface area contributed by atoms with Crippen molar-refractivity contribution in [3.05, 3.63) is 64.2 Å². The maximum Gasteiger partial charge on any atom is 0.265 e. The summed E-state index contributed by atoms with van der Waals surface area (Å²) >= 11 is 1.62. The van der Waals surface area contributed by atoms with Gasteiger partial charge in [-0.05, 0) is 49.4 Å². The van der Waals surface area contributed by atoms with E-state index in [1.54, 1.807) is 36.0 Å². The number of nitrogens with one attached hydrogen (secondary N) is 1. The minimum absolute atomic E-state index is 0.0697. The van der Waals surface area contributed by atoms with E-state index in [0.717, 1.165) is 17.7 Å². The molecule has 5 nitrogen and oxygen atoms in total. The second kappa shape index (κ2) is 7.66. The summed E-state index contributed by atoms with van der Waals surface area (Å²) in [5.74, 6) is 0.947. The molecule has 0 aliphatic heterocycles. The zero-order valence-electron chi connectivity index (χ0n) is 14.3. The Kier molecular flexibility index (Phi) is 4.93. The third-order valence-electron chi connectivity index (χ3n) is 4.32. The number of ether oxygens (including phenoxy) is 1. The summed E-state index contributed by atoms with van der Waals surface area (Å²) in [6.45, 7) is 0. The molecule has 0 unspecified atom stereocenters. The van der Waals surface area contributed by atoms with Gasteiger partial charge in [0.1, 0.15) is 5.75 Å². The summed E-state index contributed by atoms with van der Waals surface area (Å²) in [5.41, 5.74) is 2.04. The van der Waals surface area contributed by atoms with E-state index in [1.165, 1.54) is 29.7 Å². The molecule has 1 aliphatic rings. The van der Waals surface area contributed by atoms with Crippen molar-refractivity contribution in [2.24, 2.45) is 0 Å². The fraction of sp³-hybridized carbons (Fsp3) is 0.250. The number of thiophene rings is 1. The number of nitrogens with zero attached hydrogens (tertiary/aromatic N) is 2. The lowest BCUT2D eigenvalue weighted by atomic mass is 10.1. The molecule has 6 heteroatoms. The molecule has 0 bridgehead atoms. The Labute approximate surface area is 156 Å². The maximum absolute atomic E-state index is 12.6. The number of aromatic nitrogens is 2. The Morgan fingerprint density at radius 2 is 2.04 bits per heavy atom. The van der Waals surface area contributed by atoms with Crippen LogP contribution < -0.4 is 10.1 Å². The average molecular weight is 365 g/mol. The van der Waals surface area contributed by atoms with E-state index in [9.17, 15) is 4.79 Å². The molecular weight excluding hydrogens is 346 g/mol. The van der Waals surface area contributed by atoms with E-state index in [0.29, 0.717) is 17.3 Å². The Hall–Kier alpha value is -2.73. The first-order valence-corrected chi connectivity index (χ1v) is 9.56. The molecular formula is C20H19N3O2S. The van der Waals surface area contributed by atoms with Crippen LogP contribution in [0.3, 0.4) is 0 Å².